The molecule has 0 radical (unpaired) electrons. The lowest BCUT2D eigenvalue weighted by Crippen LogP contribution is -2.09. The molecule has 0 heterocycles. The van der Waals surface area contributed by atoms with Gasteiger partial charge in [0.25, 0.3) is 0 Å². The Labute approximate surface area is 84.0 Å². The molecule has 0 aliphatic carbocycles. The zero-order chi connectivity index (χ0) is 10.6. The predicted octanol–water partition coefficient (Wildman–Crippen LogP) is 0.887. The molecular formula is C9H10O4S. The van der Waals surface area contributed by atoms with E-state index in [2.05, 4.69) is 0 Å². The van der Waals surface area contributed by atoms with Crippen molar-refractivity contribution in [1.29, 1.82) is 0 Å². The molecule has 0 spiro atoms. The summed E-state index contributed by atoms with van der Waals surface area (Å²) in [7, 11) is -0.00570. The van der Waals surface area contributed by atoms with Crippen LogP contribution in [0.1, 0.15) is 0 Å². The maximum absolute atomic E-state index is 11.4. The fraction of sp³-hybridized carbons (Fsp3) is 0.222. The standard InChI is InChI=1S/C9H10O4S/c1-13-7-3-2-4-8(5-7)14(12)6-9(10)11/h2-5H,6H2,1H3,(H,10,11)/t14-/m1/s1. The monoisotopic (exact) mass is 214 g/mol. The molecule has 1 atom stereocenters. The van der Waals surface area contributed by atoms with Crippen molar-refractivity contribution in [3.8, 4) is 5.75 Å². The van der Waals surface area contributed by atoms with Gasteiger partial charge >= 0.3 is 5.97 Å². The third kappa shape index (κ3) is 2.85. The van der Waals surface area contributed by atoms with Gasteiger partial charge in [-0.25, -0.2) is 0 Å². The zero-order valence-corrected chi connectivity index (χ0v) is 8.41. The number of carbonyl (C=O) groups is 1. The summed E-state index contributed by atoms with van der Waals surface area (Å²) in [6.07, 6.45) is 0. The van der Waals surface area contributed by atoms with Gasteiger partial charge in [-0.2, -0.15) is 0 Å². The van der Waals surface area contributed by atoms with Crippen LogP contribution in [0.15, 0.2) is 29.2 Å². The Morgan fingerprint density at radius 2 is 2.29 bits per heavy atom. The minimum atomic E-state index is -1.50. The quantitative estimate of drug-likeness (QED) is 0.808. The van der Waals surface area contributed by atoms with E-state index < -0.39 is 16.8 Å². The van der Waals surface area contributed by atoms with Gasteiger partial charge in [0.15, 0.2) is 0 Å². The van der Waals surface area contributed by atoms with Gasteiger partial charge in [-0.1, -0.05) is 6.07 Å². The molecule has 0 aliphatic rings. The lowest BCUT2D eigenvalue weighted by Gasteiger charge is -2.02. The number of ether oxygens (including phenoxy) is 1. The second-order valence-corrected chi connectivity index (χ2v) is 4.01. The molecule has 1 rings (SSSR count). The first kappa shape index (κ1) is 10.7. The summed E-state index contributed by atoms with van der Waals surface area (Å²) < 4.78 is 16.3. The molecule has 0 saturated carbocycles. The smallest absolute Gasteiger partial charge is 0.316 e. The van der Waals surface area contributed by atoms with Gasteiger partial charge in [-0.3, -0.25) is 9.00 Å². The highest BCUT2D eigenvalue weighted by atomic mass is 32.2. The number of hydrogen-bond donors (Lipinski definition) is 1. The number of carboxylic acid groups (broad SMARTS) is 1. The molecule has 1 N–H and O–H groups in total. The van der Waals surface area contributed by atoms with E-state index in [1.54, 1.807) is 24.3 Å². The molecule has 1 aromatic rings. The van der Waals surface area contributed by atoms with Gasteiger partial charge in [-0.05, 0) is 18.2 Å². The average Bonchev–Trinajstić information content (AvgIpc) is 2.17. The van der Waals surface area contributed by atoms with E-state index in [1.807, 2.05) is 0 Å². The number of methoxy groups -OCH3 is 1. The largest absolute Gasteiger partial charge is 0.497 e. The van der Waals surface area contributed by atoms with Crippen LogP contribution in [0.5, 0.6) is 5.75 Å². The van der Waals surface area contributed by atoms with Gasteiger partial charge in [0, 0.05) is 4.90 Å². The number of rotatable bonds is 4. The van der Waals surface area contributed by atoms with Gasteiger partial charge in [0.2, 0.25) is 0 Å². The second-order valence-electron chi connectivity index (χ2n) is 2.56. The van der Waals surface area contributed by atoms with E-state index in [1.165, 1.54) is 7.11 Å². The van der Waals surface area contributed by atoms with E-state index in [0.29, 0.717) is 10.6 Å². The van der Waals surface area contributed by atoms with E-state index in [4.69, 9.17) is 9.84 Å². The van der Waals surface area contributed by atoms with E-state index in [9.17, 15) is 9.00 Å². The zero-order valence-electron chi connectivity index (χ0n) is 7.60. The fourth-order valence-electron chi connectivity index (χ4n) is 0.938. The topological polar surface area (TPSA) is 63.6 Å². The van der Waals surface area contributed by atoms with E-state index in [-0.39, 0.29) is 5.75 Å². The normalized spacial score (nSPS) is 12.1. The molecule has 0 aromatic heterocycles. The molecule has 0 bridgehead atoms. The van der Waals surface area contributed by atoms with Crippen molar-refractivity contribution >= 4 is 16.8 Å². The highest BCUT2D eigenvalue weighted by molar-refractivity contribution is 7.85. The summed E-state index contributed by atoms with van der Waals surface area (Å²) in [4.78, 5) is 10.8. The fourth-order valence-corrected chi connectivity index (χ4v) is 1.81. The number of carboxylic acids is 1. The van der Waals surface area contributed by atoms with Gasteiger partial charge in [0.1, 0.15) is 11.5 Å². The van der Waals surface area contributed by atoms with Gasteiger partial charge in [-0.15, -0.1) is 0 Å². The summed E-state index contributed by atoms with van der Waals surface area (Å²) >= 11 is 0. The molecule has 4 nitrogen and oxygen atoms in total. The number of aliphatic carboxylic acids is 1. The van der Waals surface area contributed by atoms with Crippen molar-refractivity contribution in [3.63, 3.8) is 0 Å². The van der Waals surface area contributed by atoms with E-state index >= 15 is 0 Å². The third-order valence-corrected chi connectivity index (χ3v) is 2.85. The van der Waals surface area contributed by atoms with Crippen LogP contribution in [-0.2, 0) is 15.6 Å². The van der Waals surface area contributed by atoms with Crippen molar-refractivity contribution in [1.82, 2.24) is 0 Å². The van der Waals surface area contributed by atoms with Crippen molar-refractivity contribution in [3.05, 3.63) is 24.3 Å². The van der Waals surface area contributed by atoms with Crippen molar-refractivity contribution in [2.45, 2.75) is 4.90 Å². The van der Waals surface area contributed by atoms with Gasteiger partial charge < -0.3 is 9.84 Å². The minimum Gasteiger partial charge on any atom is -0.497 e. The van der Waals surface area contributed by atoms with E-state index in [0.717, 1.165) is 0 Å². The maximum Gasteiger partial charge on any atom is 0.316 e. The lowest BCUT2D eigenvalue weighted by atomic mass is 10.3. The highest BCUT2D eigenvalue weighted by Gasteiger charge is 2.08. The molecule has 0 unspecified atom stereocenters. The molecule has 14 heavy (non-hydrogen) atoms. The SMILES string of the molecule is COc1cccc([S@](=O)CC(=O)O)c1. The van der Waals surface area contributed by atoms with Crippen molar-refractivity contribution in [2.75, 3.05) is 12.9 Å². The molecular weight excluding hydrogens is 204 g/mol. The Morgan fingerprint density at radius 1 is 1.57 bits per heavy atom. The predicted molar refractivity (Wildman–Crippen MR) is 51.9 cm³/mol. The minimum absolute atomic E-state index is 0.382. The van der Waals surface area contributed by atoms with Gasteiger partial charge in [0.05, 0.1) is 17.9 Å². The summed E-state index contributed by atoms with van der Waals surface area (Å²) in [5.74, 6) is -0.889. The highest BCUT2D eigenvalue weighted by Crippen LogP contribution is 2.15. The third-order valence-electron chi connectivity index (χ3n) is 1.56. The average molecular weight is 214 g/mol. The van der Waals surface area contributed by atoms with Crippen LogP contribution in [-0.4, -0.2) is 28.1 Å². The molecule has 0 saturated heterocycles. The molecule has 0 fully saturated rings. The molecule has 5 heteroatoms. The van der Waals surface area contributed by atoms with Crippen molar-refractivity contribution in [2.24, 2.45) is 0 Å². The summed E-state index contributed by atoms with van der Waals surface area (Å²) in [5.41, 5.74) is 0. The Kier molecular flexibility index (Phi) is 3.64. The molecule has 76 valence electrons. The first-order valence-electron chi connectivity index (χ1n) is 3.87. The molecule has 1 aromatic carbocycles. The van der Waals surface area contributed by atoms with Crippen LogP contribution >= 0.6 is 0 Å². The first-order valence-corrected chi connectivity index (χ1v) is 5.19. The lowest BCUT2D eigenvalue weighted by molar-refractivity contribution is -0.133. The molecule has 0 amide bonds. The molecule has 0 aliphatic heterocycles. The maximum atomic E-state index is 11.4. The summed E-state index contributed by atoms with van der Waals surface area (Å²) in [6.45, 7) is 0. The van der Waals surface area contributed by atoms with Crippen LogP contribution in [0.4, 0.5) is 0 Å². The summed E-state index contributed by atoms with van der Waals surface area (Å²) in [5, 5.41) is 8.45. The van der Waals surface area contributed by atoms with Crippen LogP contribution in [0, 0.1) is 0 Å². The number of benzene rings is 1. The Morgan fingerprint density at radius 3 is 2.86 bits per heavy atom. The van der Waals surface area contributed by atoms with Crippen LogP contribution in [0.3, 0.4) is 0 Å². The van der Waals surface area contributed by atoms with Crippen LogP contribution < -0.4 is 4.74 Å². The van der Waals surface area contributed by atoms with Crippen LogP contribution in [0.2, 0.25) is 0 Å². The Balaban J connectivity index is 2.84. The second kappa shape index (κ2) is 4.76. The number of hydrogen-bond acceptors (Lipinski definition) is 3. The summed E-state index contributed by atoms with van der Waals surface area (Å²) in [6, 6.07) is 6.57. The van der Waals surface area contributed by atoms with Crippen LogP contribution in [0.25, 0.3) is 0 Å². The van der Waals surface area contributed by atoms with Crippen molar-refractivity contribution < 1.29 is 18.8 Å². The Bertz CT molecular complexity index is 362. The first-order chi connectivity index (χ1) is 6.63. The Hall–Kier alpha value is -1.36.